The number of carbonyl (C=O) groups is 1. The number of rotatable bonds is 2. The van der Waals surface area contributed by atoms with E-state index < -0.39 is 11.0 Å². The largest absolute Gasteiger partial charge is 0.454 e. The highest BCUT2D eigenvalue weighted by Gasteiger charge is 2.40. The molecule has 0 unspecified atom stereocenters. The monoisotopic (exact) mass is 262 g/mol. The fraction of sp³-hybridized carbons (Fsp3) is 0.600. The predicted molar refractivity (Wildman–Crippen MR) is 73.6 cm³/mol. The van der Waals surface area contributed by atoms with Crippen molar-refractivity contribution >= 4 is 5.97 Å². The number of hydrogen-bond acceptors (Lipinski definition) is 4. The van der Waals surface area contributed by atoms with Crippen LogP contribution in [0.3, 0.4) is 0 Å². The topological polar surface area (TPSA) is 51.2 Å². The Kier molecular flexibility index (Phi) is 3.90. The predicted octanol–water partition coefficient (Wildman–Crippen LogP) is 2.25. The molecule has 104 valence electrons. The Hall–Kier alpha value is -1.42. The smallest absolute Gasteiger partial charge is 0.312 e. The van der Waals surface area contributed by atoms with E-state index in [-0.39, 0.29) is 5.97 Å². The van der Waals surface area contributed by atoms with Crippen molar-refractivity contribution in [3.05, 3.63) is 30.1 Å². The Labute approximate surface area is 114 Å². The Balaban J connectivity index is 2.28. The second-order valence-electron chi connectivity index (χ2n) is 6.13. The minimum atomic E-state index is -0.524. The molecule has 1 saturated heterocycles. The van der Waals surface area contributed by atoms with E-state index in [1.807, 2.05) is 32.9 Å². The van der Waals surface area contributed by atoms with Gasteiger partial charge in [0.25, 0.3) is 0 Å². The van der Waals surface area contributed by atoms with E-state index >= 15 is 0 Å². The number of aromatic nitrogens is 1. The molecule has 0 aliphatic carbocycles. The average Bonchev–Trinajstić information content (AvgIpc) is 2.40. The van der Waals surface area contributed by atoms with Gasteiger partial charge in [-0.2, -0.15) is 0 Å². The van der Waals surface area contributed by atoms with Gasteiger partial charge in [-0.1, -0.05) is 6.07 Å². The lowest BCUT2D eigenvalue weighted by molar-refractivity contribution is -0.174. The molecule has 19 heavy (non-hydrogen) atoms. The van der Waals surface area contributed by atoms with Crippen molar-refractivity contribution in [3.63, 3.8) is 0 Å². The summed E-state index contributed by atoms with van der Waals surface area (Å²) < 4.78 is 5.91. The van der Waals surface area contributed by atoms with E-state index in [2.05, 4.69) is 10.3 Å². The summed E-state index contributed by atoms with van der Waals surface area (Å²) in [6.45, 7) is 7.35. The van der Waals surface area contributed by atoms with Crippen LogP contribution in [-0.2, 0) is 15.1 Å². The van der Waals surface area contributed by atoms with Crippen LogP contribution in [0, 0.1) is 5.41 Å². The third kappa shape index (κ3) is 3.13. The number of esters is 1. The number of nitrogens with one attached hydrogen (secondary N) is 1. The van der Waals surface area contributed by atoms with E-state index in [1.54, 1.807) is 12.4 Å². The normalized spacial score (nSPS) is 18.9. The minimum absolute atomic E-state index is 0.154. The van der Waals surface area contributed by atoms with Crippen LogP contribution in [0.5, 0.6) is 0 Å². The van der Waals surface area contributed by atoms with E-state index in [4.69, 9.17) is 4.74 Å². The summed E-state index contributed by atoms with van der Waals surface area (Å²) in [6, 6.07) is 3.89. The second-order valence-corrected chi connectivity index (χ2v) is 6.13. The van der Waals surface area contributed by atoms with Gasteiger partial charge in [0.1, 0.15) is 5.60 Å². The molecule has 1 N–H and O–H groups in total. The fourth-order valence-corrected chi connectivity index (χ4v) is 2.24. The van der Waals surface area contributed by atoms with Crippen molar-refractivity contribution in [3.8, 4) is 0 Å². The van der Waals surface area contributed by atoms with Crippen LogP contribution in [0.15, 0.2) is 24.5 Å². The quantitative estimate of drug-likeness (QED) is 0.831. The highest BCUT2D eigenvalue weighted by atomic mass is 16.6. The van der Waals surface area contributed by atoms with E-state index in [0.717, 1.165) is 31.5 Å². The number of pyridine rings is 1. The zero-order valence-electron chi connectivity index (χ0n) is 11.9. The number of hydrogen-bond donors (Lipinski definition) is 1. The van der Waals surface area contributed by atoms with E-state index in [0.29, 0.717) is 0 Å². The maximum atomic E-state index is 12.2. The summed E-state index contributed by atoms with van der Waals surface area (Å²) in [5.41, 5.74) is -0.0154. The lowest BCUT2D eigenvalue weighted by Crippen LogP contribution is -2.45. The molecule has 4 nitrogen and oxygen atoms in total. The summed E-state index contributed by atoms with van der Waals surface area (Å²) >= 11 is 0. The molecule has 0 spiro atoms. The van der Waals surface area contributed by atoms with Crippen molar-refractivity contribution in [1.29, 1.82) is 0 Å². The van der Waals surface area contributed by atoms with Gasteiger partial charge in [0.2, 0.25) is 0 Å². The number of ether oxygens (including phenoxy) is 1. The summed E-state index contributed by atoms with van der Waals surface area (Å²) in [5.74, 6) is -0.154. The van der Waals surface area contributed by atoms with Crippen molar-refractivity contribution in [2.75, 3.05) is 13.1 Å². The highest BCUT2D eigenvalue weighted by Crippen LogP contribution is 2.36. The Morgan fingerprint density at radius 2 is 2.05 bits per heavy atom. The molecule has 0 saturated carbocycles. The maximum absolute atomic E-state index is 12.2. The van der Waals surface area contributed by atoms with Crippen molar-refractivity contribution in [1.82, 2.24) is 10.3 Å². The van der Waals surface area contributed by atoms with Gasteiger partial charge >= 0.3 is 5.97 Å². The first-order valence-corrected chi connectivity index (χ1v) is 6.79. The van der Waals surface area contributed by atoms with Gasteiger partial charge in [0, 0.05) is 30.8 Å². The van der Waals surface area contributed by atoms with E-state index in [1.165, 1.54) is 0 Å². The average molecular weight is 262 g/mol. The molecule has 0 aromatic carbocycles. The summed E-state index contributed by atoms with van der Waals surface area (Å²) in [5, 5.41) is 3.31. The Bertz CT molecular complexity index is 431. The molecule has 0 atom stereocenters. The molecule has 2 heterocycles. The molecule has 2 rings (SSSR count). The Morgan fingerprint density at radius 1 is 1.37 bits per heavy atom. The van der Waals surface area contributed by atoms with Gasteiger partial charge in [0.15, 0.2) is 0 Å². The van der Waals surface area contributed by atoms with Gasteiger partial charge in [0.05, 0.1) is 5.41 Å². The third-order valence-electron chi connectivity index (χ3n) is 3.50. The summed E-state index contributed by atoms with van der Waals surface area (Å²) in [6.07, 6.45) is 5.13. The van der Waals surface area contributed by atoms with E-state index in [9.17, 15) is 4.79 Å². The lowest BCUT2D eigenvalue weighted by atomic mass is 9.85. The molecular weight excluding hydrogens is 240 g/mol. The van der Waals surface area contributed by atoms with Crippen molar-refractivity contribution < 1.29 is 9.53 Å². The van der Waals surface area contributed by atoms with Gasteiger partial charge in [-0.3, -0.25) is 9.78 Å². The molecular formula is C15H22N2O2. The zero-order valence-corrected chi connectivity index (χ0v) is 11.9. The Morgan fingerprint density at radius 3 is 2.58 bits per heavy atom. The SMILES string of the molecule is CC(C)(C)C(=O)OC1(c2cccnc2)CCNCC1. The maximum Gasteiger partial charge on any atom is 0.312 e. The van der Waals surface area contributed by atoms with Gasteiger partial charge < -0.3 is 10.1 Å². The van der Waals surface area contributed by atoms with Crippen molar-refractivity contribution in [2.24, 2.45) is 5.41 Å². The van der Waals surface area contributed by atoms with Crippen LogP contribution in [0.4, 0.5) is 0 Å². The molecule has 4 heteroatoms. The third-order valence-corrected chi connectivity index (χ3v) is 3.50. The summed E-state index contributed by atoms with van der Waals surface area (Å²) in [7, 11) is 0. The standard InChI is InChI=1S/C15H22N2O2/c1-14(2,3)13(18)19-15(6-9-16-10-7-15)12-5-4-8-17-11-12/h4-5,8,11,16H,6-7,9-10H2,1-3H3. The van der Waals surface area contributed by atoms with Crippen molar-refractivity contribution in [2.45, 2.75) is 39.2 Å². The minimum Gasteiger partial charge on any atom is -0.454 e. The first-order chi connectivity index (χ1) is 8.94. The van der Waals surface area contributed by atoms with Crippen LogP contribution in [0.1, 0.15) is 39.2 Å². The molecule has 0 amide bonds. The number of carbonyl (C=O) groups excluding carboxylic acids is 1. The molecule has 1 aliphatic rings. The number of piperidine rings is 1. The molecule has 0 bridgehead atoms. The van der Waals surface area contributed by atoms with Crippen LogP contribution in [0.2, 0.25) is 0 Å². The first kappa shape index (κ1) is 14.0. The summed E-state index contributed by atoms with van der Waals surface area (Å²) in [4.78, 5) is 16.4. The molecule has 0 radical (unpaired) electrons. The first-order valence-electron chi connectivity index (χ1n) is 6.79. The molecule has 1 aromatic rings. The van der Waals surface area contributed by atoms with Gasteiger partial charge in [-0.15, -0.1) is 0 Å². The number of nitrogens with zero attached hydrogens (tertiary/aromatic N) is 1. The lowest BCUT2D eigenvalue weighted by Gasteiger charge is -2.39. The molecule has 1 aliphatic heterocycles. The van der Waals surface area contributed by atoms with Gasteiger partial charge in [-0.05, 0) is 39.9 Å². The van der Waals surface area contributed by atoms with Crippen LogP contribution >= 0.6 is 0 Å². The molecule has 1 aromatic heterocycles. The van der Waals surface area contributed by atoms with Crippen LogP contribution in [0.25, 0.3) is 0 Å². The van der Waals surface area contributed by atoms with Crippen LogP contribution < -0.4 is 5.32 Å². The second kappa shape index (κ2) is 5.29. The molecule has 1 fully saturated rings. The zero-order chi connectivity index (χ0) is 13.9. The van der Waals surface area contributed by atoms with Crippen LogP contribution in [-0.4, -0.2) is 24.0 Å². The fourth-order valence-electron chi connectivity index (χ4n) is 2.24. The highest BCUT2D eigenvalue weighted by molar-refractivity contribution is 5.76. The van der Waals surface area contributed by atoms with Gasteiger partial charge in [-0.25, -0.2) is 0 Å².